The highest BCUT2D eigenvalue weighted by molar-refractivity contribution is 5.84. The number of nitrogens with zero attached hydrogens (tertiary/aromatic N) is 2. The summed E-state index contributed by atoms with van der Waals surface area (Å²) in [7, 11) is 1.67. The first-order chi connectivity index (χ1) is 17.3. The van der Waals surface area contributed by atoms with Crippen LogP contribution in [-0.4, -0.2) is 42.3 Å². The van der Waals surface area contributed by atoms with Gasteiger partial charge in [-0.3, -0.25) is 9.36 Å². The Morgan fingerprint density at radius 1 is 0.886 bits per heavy atom. The lowest BCUT2D eigenvalue weighted by Crippen LogP contribution is -2.24. The van der Waals surface area contributed by atoms with Crippen molar-refractivity contribution in [2.24, 2.45) is 0 Å². The standard InChI is InChI=1S/C29H33N3O3/c1-34-20-11-19-30-28(33)16-9-4-10-21-35-25-17-18-26-27(22-25)32(24-14-7-3-8-15-24)29(31-26)23-12-5-2-6-13-23/h2-3,5-8,12-15,17-18,22H,4,9-11,16,19-21H2,1H3,(H,30,33). The van der Waals surface area contributed by atoms with Crippen molar-refractivity contribution in [1.82, 2.24) is 14.9 Å². The second-order valence-corrected chi connectivity index (χ2v) is 8.48. The quantitative estimate of drug-likeness (QED) is 0.251. The Morgan fingerprint density at radius 3 is 2.43 bits per heavy atom. The van der Waals surface area contributed by atoms with Gasteiger partial charge in [0.2, 0.25) is 5.91 Å². The fraction of sp³-hybridized carbons (Fsp3) is 0.310. The summed E-state index contributed by atoms with van der Waals surface area (Å²) >= 11 is 0. The summed E-state index contributed by atoms with van der Waals surface area (Å²) in [5.41, 5.74) is 4.07. The van der Waals surface area contributed by atoms with Crippen LogP contribution in [-0.2, 0) is 9.53 Å². The number of amides is 1. The Morgan fingerprint density at radius 2 is 1.66 bits per heavy atom. The number of imidazole rings is 1. The predicted octanol–water partition coefficient (Wildman–Crippen LogP) is 5.78. The van der Waals surface area contributed by atoms with Gasteiger partial charge in [-0.05, 0) is 49.9 Å². The van der Waals surface area contributed by atoms with Crippen LogP contribution in [0, 0.1) is 0 Å². The second kappa shape index (κ2) is 12.7. The average Bonchev–Trinajstić information content (AvgIpc) is 3.28. The molecular weight excluding hydrogens is 438 g/mol. The van der Waals surface area contributed by atoms with Crippen molar-refractivity contribution in [2.75, 3.05) is 26.9 Å². The number of nitrogens with one attached hydrogen (secondary N) is 1. The van der Waals surface area contributed by atoms with Crippen LogP contribution in [0.2, 0.25) is 0 Å². The Bertz CT molecular complexity index is 1210. The smallest absolute Gasteiger partial charge is 0.219 e. The fourth-order valence-corrected chi connectivity index (χ4v) is 4.05. The van der Waals surface area contributed by atoms with Crippen LogP contribution in [0.5, 0.6) is 5.75 Å². The number of hydrogen-bond acceptors (Lipinski definition) is 4. The van der Waals surface area contributed by atoms with E-state index in [2.05, 4.69) is 40.2 Å². The van der Waals surface area contributed by atoms with Crippen molar-refractivity contribution in [2.45, 2.75) is 32.1 Å². The van der Waals surface area contributed by atoms with E-state index in [0.29, 0.717) is 26.2 Å². The van der Waals surface area contributed by atoms with Gasteiger partial charge in [-0.2, -0.15) is 0 Å². The molecule has 0 aliphatic heterocycles. The number of carbonyl (C=O) groups excluding carboxylic acids is 1. The van der Waals surface area contributed by atoms with Gasteiger partial charge in [-0.25, -0.2) is 4.98 Å². The van der Waals surface area contributed by atoms with E-state index in [1.807, 2.05) is 48.5 Å². The fourth-order valence-electron chi connectivity index (χ4n) is 4.05. The molecule has 0 saturated heterocycles. The van der Waals surface area contributed by atoms with Gasteiger partial charge in [0, 0.05) is 44.0 Å². The van der Waals surface area contributed by atoms with Crippen molar-refractivity contribution in [3.05, 3.63) is 78.9 Å². The topological polar surface area (TPSA) is 65.4 Å². The van der Waals surface area contributed by atoms with Gasteiger partial charge in [0.05, 0.1) is 17.6 Å². The van der Waals surface area contributed by atoms with E-state index in [1.54, 1.807) is 7.11 Å². The highest BCUT2D eigenvalue weighted by Crippen LogP contribution is 2.30. The van der Waals surface area contributed by atoms with E-state index in [-0.39, 0.29) is 5.91 Å². The third-order valence-electron chi connectivity index (χ3n) is 5.84. The molecule has 6 nitrogen and oxygen atoms in total. The lowest BCUT2D eigenvalue weighted by molar-refractivity contribution is -0.121. The van der Waals surface area contributed by atoms with E-state index in [1.165, 1.54) is 0 Å². The van der Waals surface area contributed by atoms with E-state index in [4.69, 9.17) is 14.5 Å². The predicted molar refractivity (Wildman–Crippen MR) is 140 cm³/mol. The molecule has 0 atom stereocenters. The molecule has 35 heavy (non-hydrogen) atoms. The van der Waals surface area contributed by atoms with Crippen LogP contribution >= 0.6 is 0 Å². The number of carbonyl (C=O) groups is 1. The van der Waals surface area contributed by atoms with E-state index >= 15 is 0 Å². The first kappa shape index (κ1) is 24.5. The number of methoxy groups -OCH3 is 1. The van der Waals surface area contributed by atoms with Crippen LogP contribution in [0.1, 0.15) is 32.1 Å². The summed E-state index contributed by atoms with van der Waals surface area (Å²) in [5, 5.41) is 2.93. The maximum atomic E-state index is 11.8. The molecule has 182 valence electrons. The summed E-state index contributed by atoms with van der Waals surface area (Å²) < 4.78 is 13.2. The van der Waals surface area contributed by atoms with Crippen molar-refractivity contribution in [1.29, 1.82) is 0 Å². The SMILES string of the molecule is COCCCNC(=O)CCCCCOc1ccc2nc(-c3ccccc3)n(-c3ccccc3)c2c1. The summed E-state index contributed by atoms with van der Waals surface area (Å²) in [5.74, 6) is 1.84. The second-order valence-electron chi connectivity index (χ2n) is 8.48. The van der Waals surface area contributed by atoms with Crippen LogP contribution < -0.4 is 10.1 Å². The van der Waals surface area contributed by atoms with Gasteiger partial charge in [0.25, 0.3) is 0 Å². The van der Waals surface area contributed by atoms with Gasteiger partial charge in [-0.1, -0.05) is 48.5 Å². The number of ether oxygens (including phenoxy) is 2. The number of hydrogen-bond donors (Lipinski definition) is 1. The van der Waals surface area contributed by atoms with Gasteiger partial charge in [-0.15, -0.1) is 0 Å². The molecule has 3 aromatic carbocycles. The molecule has 4 rings (SSSR count). The molecule has 0 aliphatic rings. The maximum absolute atomic E-state index is 11.8. The first-order valence-corrected chi connectivity index (χ1v) is 12.3. The monoisotopic (exact) mass is 471 g/mol. The molecule has 0 unspecified atom stereocenters. The zero-order valence-corrected chi connectivity index (χ0v) is 20.3. The molecular formula is C29H33N3O3. The molecule has 0 aliphatic carbocycles. The summed E-state index contributed by atoms with van der Waals surface area (Å²) in [4.78, 5) is 16.8. The number of benzene rings is 3. The molecule has 0 spiro atoms. The Kier molecular flexibility index (Phi) is 8.90. The van der Waals surface area contributed by atoms with Crippen molar-refractivity contribution >= 4 is 16.9 Å². The molecule has 1 aromatic heterocycles. The van der Waals surface area contributed by atoms with E-state index in [0.717, 1.165) is 59.5 Å². The van der Waals surface area contributed by atoms with Gasteiger partial charge < -0.3 is 14.8 Å². The summed E-state index contributed by atoms with van der Waals surface area (Å²) in [6, 6.07) is 26.6. The molecule has 0 bridgehead atoms. The van der Waals surface area contributed by atoms with Crippen molar-refractivity contribution in [3.8, 4) is 22.8 Å². The van der Waals surface area contributed by atoms with Crippen LogP contribution in [0.4, 0.5) is 0 Å². The van der Waals surface area contributed by atoms with Crippen LogP contribution in [0.25, 0.3) is 28.1 Å². The summed E-state index contributed by atoms with van der Waals surface area (Å²) in [6.07, 6.45) is 4.11. The minimum absolute atomic E-state index is 0.107. The zero-order valence-electron chi connectivity index (χ0n) is 20.3. The minimum atomic E-state index is 0.107. The molecule has 0 saturated carbocycles. The van der Waals surface area contributed by atoms with Gasteiger partial charge in [0.15, 0.2) is 0 Å². The zero-order chi connectivity index (χ0) is 24.3. The normalized spacial score (nSPS) is 11.0. The van der Waals surface area contributed by atoms with E-state index < -0.39 is 0 Å². The first-order valence-electron chi connectivity index (χ1n) is 12.3. The van der Waals surface area contributed by atoms with E-state index in [9.17, 15) is 4.79 Å². The number of aromatic nitrogens is 2. The number of para-hydroxylation sites is 1. The highest BCUT2D eigenvalue weighted by atomic mass is 16.5. The maximum Gasteiger partial charge on any atom is 0.219 e. The van der Waals surface area contributed by atoms with Crippen LogP contribution in [0.3, 0.4) is 0 Å². The Labute approximate surface area is 206 Å². The summed E-state index contributed by atoms with van der Waals surface area (Å²) in [6.45, 7) is 1.96. The third kappa shape index (κ3) is 6.70. The highest BCUT2D eigenvalue weighted by Gasteiger charge is 2.15. The lowest BCUT2D eigenvalue weighted by atomic mass is 10.2. The van der Waals surface area contributed by atoms with Crippen molar-refractivity contribution < 1.29 is 14.3 Å². The molecule has 1 heterocycles. The Hall–Kier alpha value is -3.64. The number of rotatable bonds is 13. The lowest BCUT2D eigenvalue weighted by Gasteiger charge is -2.11. The van der Waals surface area contributed by atoms with Gasteiger partial charge >= 0.3 is 0 Å². The van der Waals surface area contributed by atoms with Crippen molar-refractivity contribution in [3.63, 3.8) is 0 Å². The molecule has 6 heteroatoms. The van der Waals surface area contributed by atoms with Crippen LogP contribution in [0.15, 0.2) is 78.9 Å². The minimum Gasteiger partial charge on any atom is -0.494 e. The number of unbranched alkanes of at least 4 members (excludes halogenated alkanes) is 2. The Balaban J connectivity index is 1.37. The molecule has 1 amide bonds. The largest absolute Gasteiger partial charge is 0.494 e. The molecule has 0 radical (unpaired) electrons. The average molecular weight is 472 g/mol. The van der Waals surface area contributed by atoms with Gasteiger partial charge in [0.1, 0.15) is 11.6 Å². The number of fused-ring (bicyclic) bond motifs is 1. The molecule has 1 N–H and O–H groups in total. The molecule has 0 fully saturated rings. The molecule has 4 aromatic rings. The third-order valence-corrected chi connectivity index (χ3v) is 5.84.